The minimum atomic E-state index is -0.186. The van der Waals surface area contributed by atoms with Gasteiger partial charge in [-0.05, 0) is 41.8 Å². The van der Waals surface area contributed by atoms with E-state index in [1.807, 2.05) is 24.3 Å². The lowest BCUT2D eigenvalue weighted by Crippen LogP contribution is -2.64. The van der Waals surface area contributed by atoms with Crippen LogP contribution in [-0.4, -0.2) is 41.8 Å². The molecule has 2 aliphatic rings. The maximum atomic E-state index is 13.0. The molecule has 2 aliphatic heterocycles. The van der Waals surface area contributed by atoms with Crippen LogP contribution in [0.15, 0.2) is 48.8 Å². The molecule has 4 rings (SSSR count). The van der Waals surface area contributed by atoms with Crippen LogP contribution in [0.25, 0.3) is 0 Å². The van der Waals surface area contributed by atoms with Gasteiger partial charge in [0.05, 0.1) is 18.8 Å². The van der Waals surface area contributed by atoms with Crippen LogP contribution in [0.4, 0.5) is 4.39 Å². The first kappa shape index (κ1) is 16.6. The van der Waals surface area contributed by atoms with Crippen LogP contribution in [0.2, 0.25) is 0 Å². The first-order valence-corrected chi connectivity index (χ1v) is 8.81. The molecule has 4 nitrogen and oxygen atoms in total. The molecule has 1 unspecified atom stereocenters. The fourth-order valence-electron chi connectivity index (χ4n) is 3.84. The molecule has 0 saturated carbocycles. The van der Waals surface area contributed by atoms with Crippen molar-refractivity contribution in [2.24, 2.45) is 5.92 Å². The number of hydrogen-bond donors (Lipinski definition) is 0. The summed E-state index contributed by atoms with van der Waals surface area (Å²) in [6.45, 7) is 4.85. The Hall–Kier alpha value is -1.82. The van der Waals surface area contributed by atoms with E-state index in [-0.39, 0.29) is 11.4 Å². The third-order valence-electron chi connectivity index (χ3n) is 5.24. The second-order valence-electron chi connectivity index (χ2n) is 7.04. The van der Waals surface area contributed by atoms with Gasteiger partial charge in [0.15, 0.2) is 0 Å². The molecule has 1 aromatic carbocycles. The molecule has 2 saturated heterocycles. The first-order valence-electron chi connectivity index (χ1n) is 8.81. The zero-order chi connectivity index (χ0) is 17.1. The number of hydrogen-bond acceptors (Lipinski definition) is 4. The molecular weight excluding hydrogens is 319 g/mol. The summed E-state index contributed by atoms with van der Waals surface area (Å²) in [6.07, 6.45) is 4.64. The molecule has 0 N–H and O–H groups in total. The van der Waals surface area contributed by atoms with Gasteiger partial charge in [0.2, 0.25) is 0 Å². The Bertz CT molecular complexity index is 687. The predicted molar refractivity (Wildman–Crippen MR) is 92.4 cm³/mol. The largest absolute Gasteiger partial charge is 0.376 e. The van der Waals surface area contributed by atoms with E-state index >= 15 is 0 Å². The number of halogens is 1. The van der Waals surface area contributed by atoms with Crippen molar-refractivity contribution in [3.8, 4) is 0 Å². The molecule has 25 heavy (non-hydrogen) atoms. The SMILES string of the molecule is Fc1ccc(CN2CC3(C2)OCCC3COCc2ccncc2)cc1. The second-order valence-corrected chi connectivity index (χ2v) is 7.04. The number of aromatic nitrogens is 1. The summed E-state index contributed by atoms with van der Waals surface area (Å²) < 4.78 is 25.0. The zero-order valence-corrected chi connectivity index (χ0v) is 14.2. The van der Waals surface area contributed by atoms with Crippen molar-refractivity contribution in [3.63, 3.8) is 0 Å². The minimum absolute atomic E-state index is 0.0573. The van der Waals surface area contributed by atoms with E-state index in [1.54, 1.807) is 12.4 Å². The Morgan fingerprint density at radius 2 is 1.88 bits per heavy atom. The lowest BCUT2D eigenvalue weighted by Gasteiger charge is -2.50. The number of nitrogens with zero attached hydrogens (tertiary/aromatic N) is 2. The zero-order valence-electron chi connectivity index (χ0n) is 14.2. The standard InChI is InChI=1S/C20H23FN2O2/c21-19-3-1-16(2-4-19)11-23-14-20(15-23)18(7-10-25-20)13-24-12-17-5-8-22-9-6-17/h1-6,8-9,18H,7,10-15H2. The number of ether oxygens (including phenoxy) is 2. The summed E-state index contributed by atoms with van der Waals surface area (Å²) in [5.41, 5.74) is 2.23. The Morgan fingerprint density at radius 1 is 1.12 bits per heavy atom. The van der Waals surface area contributed by atoms with Gasteiger partial charge in [-0.1, -0.05) is 12.1 Å². The highest BCUT2D eigenvalue weighted by molar-refractivity contribution is 5.17. The lowest BCUT2D eigenvalue weighted by molar-refractivity contribution is -0.146. The third-order valence-corrected chi connectivity index (χ3v) is 5.24. The first-order chi connectivity index (χ1) is 12.2. The van der Waals surface area contributed by atoms with E-state index in [0.29, 0.717) is 12.5 Å². The fraction of sp³-hybridized carbons (Fsp3) is 0.450. The number of benzene rings is 1. The molecule has 2 aromatic rings. The van der Waals surface area contributed by atoms with Crippen LogP contribution < -0.4 is 0 Å². The van der Waals surface area contributed by atoms with Gasteiger partial charge in [0.1, 0.15) is 5.82 Å². The van der Waals surface area contributed by atoms with Gasteiger partial charge in [0.25, 0.3) is 0 Å². The number of likely N-dealkylation sites (tertiary alicyclic amines) is 1. The van der Waals surface area contributed by atoms with Crippen LogP contribution in [-0.2, 0) is 22.6 Å². The van der Waals surface area contributed by atoms with Crippen LogP contribution in [0, 0.1) is 11.7 Å². The fourth-order valence-corrected chi connectivity index (χ4v) is 3.84. The Balaban J connectivity index is 1.26. The number of pyridine rings is 1. The Labute approximate surface area is 147 Å². The van der Waals surface area contributed by atoms with Gasteiger partial charge in [0, 0.05) is 44.6 Å². The van der Waals surface area contributed by atoms with Crippen molar-refractivity contribution in [2.45, 2.75) is 25.2 Å². The molecule has 1 aromatic heterocycles. The summed E-state index contributed by atoms with van der Waals surface area (Å²) in [7, 11) is 0. The van der Waals surface area contributed by atoms with Crippen molar-refractivity contribution in [2.75, 3.05) is 26.3 Å². The van der Waals surface area contributed by atoms with Crippen molar-refractivity contribution in [3.05, 3.63) is 65.7 Å². The molecule has 0 amide bonds. The van der Waals surface area contributed by atoms with Crippen molar-refractivity contribution >= 4 is 0 Å². The second kappa shape index (κ2) is 7.20. The van der Waals surface area contributed by atoms with Gasteiger partial charge in [-0.3, -0.25) is 9.88 Å². The maximum absolute atomic E-state index is 13.0. The molecule has 0 bridgehead atoms. The Kier molecular flexibility index (Phi) is 4.79. The highest BCUT2D eigenvalue weighted by Crippen LogP contribution is 2.40. The number of rotatable bonds is 6. The van der Waals surface area contributed by atoms with Crippen LogP contribution in [0.5, 0.6) is 0 Å². The normalized spacial score (nSPS) is 22.2. The van der Waals surface area contributed by atoms with Gasteiger partial charge in [-0.25, -0.2) is 4.39 Å². The maximum Gasteiger partial charge on any atom is 0.123 e. The van der Waals surface area contributed by atoms with Gasteiger partial charge >= 0.3 is 0 Å². The molecule has 0 aliphatic carbocycles. The molecule has 1 atom stereocenters. The summed E-state index contributed by atoms with van der Waals surface area (Å²) in [5.74, 6) is 0.258. The van der Waals surface area contributed by atoms with E-state index in [2.05, 4.69) is 9.88 Å². The van der Waals surface area contributed by atoms with Gasteiger partial charge in [-0.15, -0.1) is 0 Å². The van der Waals surface area contributed by atoms with E-state index in [4.69, 9.17) is 9.47 Å². The highest BCUT2D eigenvalue weighted by Gasteiger charge is 2.52. The van der Waals surface area contributed by atoms with E-state index in [1.165, 1.54) is 12.1 Å². The van der Waals surface area contributed by atoms with Crippen molar-refractivity contribution < 1.29 is 13.9 Å². The molecule has 5 heteroatoms. The lowest BCUT2D eigenvalue weighted by atomic mass is 9.81. The third kappa shape index (κ3) is 3.73. The molecule has 132 valence electrons. The average Bonchev–Trinajstić information content (AvgIpc) is 3.01. The van der Waals surface area contributed by atoms with E-state index < -0.39 is 0 Å². The smallest absolute Gasteiger partial charge is 0.123 e. The summed E-state index contributed by atoms with van der Waals surface area (Å²) >= 11 is 0. The van der Waals surface area contributed by atoms with E-state index in [9.17, 15) is 4.39 Å². The monoisotopic (exact) mass is 342 g/mol. The van der Waals surface area contributed by atoms with Crippen LogP contribution in [0.1, 0.15) is 17.5 Å². The molecule has 3 heterocycles. The highest BCUT2D eigenvalue weighted by atomic mass is 19.1. The molecule has 0 radical (unpaired) electrons. The Morgan fingerprint density at radius 3 is 2.64 bits per heavy atom. The van der Waals surface area contributed by atoms with Crippen LogP contribution >= 0.6 is 0 Å². The molecular formula is C20H23FN2O2. The predicted octanol–water partition coefficient (Wildman–Crippen LogP) is 3.03. The summed E-state index contributed by atoms with van der Waals surface area (Å²) in [4.78, 5) is 6.38. The van der Waals surface area contributed by atoms with Gasteiger partial charge in [-0.2, -0.15) is 0 Å². The van der Waals surface area contributed by atoms with Gasteiger partial charge < -0.3 is 9.47 Å². The molecule has 1 spiro atoms. The topological polar surface area (TPSA) is 34.6 Å². The van der Waals surface area contributed by atoms with Crippen molar-refractivity contribution in [1.82, 2.24) is 9.88 Å². The van der Waals surface area contributed by atoms with Crippen LogP contribution in [0.3, 0.4) is 0 Å². The average molecular weight is 342 g/mol. The minimum Gasteiger partial charge on any atom is -0.376 e. The molecule has 2 fully saturated rings. The van der Waals surface area contributed by atoms with Crippen molar-refractivity contribution in [1.29, 1.82) is 0 Å². The summed E-state index contributed by atoms with van der Waals surface area (Å²) in [5, 5.41) is 0. The quantitative estimate of drug-likeness (QED) is 0.808. The van der Waals surface area contributed by atoms with E-state index in [0.717, 1.165) is 50.4 Å². The summed E-state index contributed by atoms with van der Waals surface area (Å²) in [6, 6.07) is 10.7.